The third-order valence-electron chi connectivity index (χ3n) is 1.25. The summed E-state index contributed by atoms with van der Waals surface area (Å²) in [6, 6.07) is 3.18. The van der Waals surface area contributed by atoms with Crippen molar-refractivity contribution < 1.29 is 0 Å². The Morgan fingerprint density at radius 1 is 1.23 bits per heavy atom. The van der Waals surface area contributed by atoms with Crippen molar-refractivity contribution in [3.05, 3.63) is 27.2 Å². The summed E-state index contributed by atoms with van der Waals surface area (Å²) in [7, 11) is 0. The number of benzene rings is 1. The van der Waals surface area contributed by atoms with Crippen LogP contribution in [0.2, 0.25) is 15.1 Å². The first-order valence-electron chi connectivity index (χ1n) is 3.21. The van der Waals surface area contributed by atoms with Gasteiger partial charge in [0.15, 0.2) is 5.11 Å². The van der Waals surface area contributed by atoms with Gasteiger partial charge >= 0.3 is 0 Å². The predicted octanol–water partition coefficient (Wildman–Crippen LogP) is 3.30. The van der Waals surface area contributed by atoms with Gasteiger partial charge in [0.2, 0.25) is 0 Å². The number of hydrogen-bond donors (Lipinski definition) is 2. The zero-order valence-corrected chi connectivity index (χ0v) is 9.36. The molecule has 6 heteroatoms. The molecule has 70 valence electrons. The van der Waals surface area contributed by atoms with E-state index in [2.05, 4.69) is 17.5 Å². The van der Waals surface area contributed by atoms with Crippen LogP contribution in [0.3, 0.4) is 0 Å². The molecule has 13 heavy (non-hydrogen) atoms. The first-order valence-corrected chi connectivity index (χ1v) is 4.76. The van der Waals surface area contributed by atoms with E-state index in [0.29, 0.717) is 20.8 Å². The minimum Gasteiger partial charge on any atom is -0.376 e. The number of thiocarbonyl (C=S) groups is 1. The van der Waals surface area contributed by atoms with E-state index >= 15 is 0 Å². The van der Waals surface area contributed by atoms with Gasteiger partial charge in [0.05, 0.1) is 15.1 Å². The molecule has 1 aromatic rings. The van der Waals surface area contributed by atoms with Crippen molar-refractivity contribution >= 4 is 57.8 Å². The van der Waals surface area contributed by atoms with Gasteiger partial charge in [0.25, 0.3) is 0 Å². The third-order valence-corrected chi connectivity index (χ3v) is 2.55. The molecule has 0 aliphatic heterocycles. The van der Waals surface area contributed by atoms with Crippen molar-refractivity contribution in [2.75, 3.05) is 5.32 Å². The normalized spacial score (nSPS) is 9.77. The third kappa shape index (κ3) is 2.88. The lowest BCUT2D eigenvalue weighted by atomic mass is 10.3. The zero-order chi connectivity index (χ0) is 10.0. The summed E-state index contributed by atoms with van der Waals surface area (Å²) in [4.78, 5) is 0. The van der Waals surface area contributed by atoms with Crippen LogP contribution in [0.5, 0.6) is 0 Å². The predicted molar refractivity (Wildman–Crippen MR) is 61.9 cm³/mol. The van der Waals surface area contributed by atoms with Crippen LogP contribution in [0.1, 0.15) is 0 Å². The first-order chi connectivity index (χ1) is 6.00. The number of anilines is 1. The molecule has 0 saturated carbocycles. The average Bonchev–Trinajstić information content (AvgIpc) is 1.98. The Morgan fingerprint density at radius 2 is 1.69 bits per heavy atom. The maximum Gasteiger partial charge on any atom is 0.168 e. The number of nitrogens with one attached hydrogen (secondary N) is 1. The van der Waals surface area contributed by atoms with Gasteiger partial charge in [0, 0.05) is 5.69 Å². The van der Waals surface area contributed by atoms with Crippen molar-refractivity contribution in [3.8, 4) is 0 Å². The lowest BCUT2D eigenvalue weighted by Crippen LogP contribution is -2.18. The minimum atomic E-state index is 0.148. The first kappa shape index (κ1) is 10.9. The smallest absolute Gasteiger partial charge is 0.168 e. The Hall–Kier alpha value is -0.220. The highest BCUT2D eigenvalue weighted by molar-refractivity contribution is 7.80. The van der Waals surface area contributed by atoms with E-state index in [1.165, 1.54) is 0 Å². The summed E-state index contributed by atoms with van der Waals surface area (Å²) in [6.07, 6.45) is 0. The highest BCUT2D eigenvalue weighted by Gasteiger charge is 2.05. The topological polar surface area (TPSA) is 38.0 Å². The SMILES string of the molecule is NC(=S)Nc1cc(Cl)c(Cl)c(Cl)c1. The van der Waals surface area contributed by atoms with Crippen LogP contribution in [0.25, 0.3) is 0 Å². The van der Waals surface area contributed by atoms with Crippen LogP contribution in [0.4, 0.5) is 5.69 Å². The molecule has 0 aliphatic rings. The van der Waals surface area contributed by atoms with Crippen LogP contribution in [-0.2, 0) is 0 Å². The molecule has 0 atom stereocenters. The van der Waals surface area contributed by atoms with Crippen molar-refractivity contribution in [2.45, 2.75) is 0 Å². The molecule has 0 fully saturated rings. The molecule has 0 saturated heterocycles. The summed E-state index contributed by atoms with van der Waals surface area (Å²) in [5, 5.41) is 3.87. The fourth-order valence-electron chi connectivity index (χ4n) is 0.770. The maximum atomic E-state index is 5.76. The minimum absolute atomic E-state index is 0.148. The molecule has 2 nitrogen and oxygen atoms in total. The summed E-state index contributed by atoms with van der Waals surface area (Å²) in [5.41, 5.74) is 5.88. The highest BCUT2D eigenvalue weighted by atomic mass is 35.5. The Labute approximate surface area is 96.0 Å². The van der Waals surface area contributed by atoms with Crippen molar-refractivity contribution in [1.82, 2.24) is 0 Å². The maximum absolute atomic E-state index is 5.76. The van der Waals surface area contributed by atoms with E-state index < -0.39 is 0 Å². The summed E-state index contributed by atoms with van der Waals surface area (Å²) >= 11 is 21.9. The fourth-order valence-corrected chi connectivity index (χ4v) is 1.48. The van der Waals surface area contributed by atoms with Crippen molar-refractivity contribution in [1.29, 1.82) is 0 Å². The van der Waals surface area contributed by atoms with Crippen LogP contribution < -0.4 is 11.1 Å². The second kappa shape index (κ2) is 4.33. The lowest BCUT2D eigenvalue weighted by molar-refractivity contribution is 1.61. The molecule has 0 spiro atoms. The van der Waals surface area contributed by atoms with E-state index in [1.807, 2.05) is 0 Å². The second-order valence-corrected chi connectivity index (χ2v) is 3.88. The molecule has 0 amide bonds. The monoisotopic (exact) mass is 254 g/mol. The van der Waals surface area contributed by atoms with Gasteiger partial charge in [-0.1, -0.05) is 34.8 Å². The molecule has 3 N–H and O–H groups in total. The Balaban J connectivity index is 3.06. The molecule has 0 radical (unpaired) electrons. The molecular weight excluding hydrogens is 251 g/mol. The Kier molecular flexibility index (Phi) is 3.62. The largest absolute Gasteiger partial charge is 0.376 e. The van der Waals surface area contributed by atoms with Crippen LogP contribution in [-0.4, -0.2) is 5.11 Å². The summed E-state index contributed by atoms with van der Waals surface area (Å²) in [5.74, 6) is 0. The van der Waals surface area contributed by atoms with Gasteiger partial charge < -0.3 is 11.1 Å². The second-order valence-electron chi connectivity index (χ2n) is 2.24. The number of halogens is 3. The standard InChI is InChI=1S/C7H5Cl3N2S/c8-4-1-3(12-7(11)13)2-5(9)6(4)10/h1-2H,(H3,11,12,13). The Bertz CT molecular complexity index is 331. The number of rotatable bonds is 1. The van der Waals surface area contributed by atoms with Crippen molar-refractivity contribution in [2.24, 2.45) is 5.73 Å². The summed E-state index contributed by atoms with van der Waals surface area (Å²) in [6.45, 7) is 0. The van der Waals surface area contributed by atoms with E-state index in [1.54, 1.807) is 12.1 Å². The van der Waals surface area contributed by atoms with Gasteiger partial charge in [-0.05, 0) is 24.4 Å². The average molecular weight is 256 g/mol. The Morgan fingerprint density at radius 3 is 2.08 bits per heavy atom. The highest BCUT2D eigenvalue weighted by Crippen LogP contribution is 2.32. The zero-order valence-electron chi connectivity index (χ0n) is 6.27. The van der Waals surface area contributed by atoms with Crippen LogP contribution >= 0.6 is 47.0 Å². The molecule has 1 rings (SSSR count). The van der Waals surface area contributed by atoms with Gasteiger partial charge in [-0.2, -0.15) is 0 Å². The fraction of sp³-hybridized carbons (Fsp3) is 0. The number of hydrogen-bond acceptors (Lipinski definition) is 1. The molecule has 0 aliphatic carbocycles. The lowest BCUT2D eigenvalue weighted by Gasteiger charge is -2.06. The van der Waals surface area contributed by atoms with E-state index in [4.69, 9.17) is 40.5 Å². The molecule has 0 bridgehead atoms. The van der Waals surface area contributed by atoms with E-state index in [-0.39, 0.29) is 5.11 Å². The molecular formula is C7H5Cl3N2S. The molecule has 0 unspecified atom stereocenters. The van der Waals surface area contributed by atoms with E-state index in [0.717, 1.165) is 0 Å². The van der Waals surface area contributed by atoms with Gasteiger partial charge in [-0.15, -0.1) is 0 Å². The molecule has 1 aromatic carbocycles. The van der Waals surface area contributed by atoms with Crippen LogP contribution in [0.15, 0.2) is 12.1 Å². The van der Waals surface area contributed by atoms with Crippen molar-refractivity contribution in [3.63, 3.8) is 0 Å². The van der Waals surface area contributed by atoms with E-state index in [9.17, 15) is 0 Å². The molecule has 0 heterocycles. The summed E-state index contributed by atoms with van der Waals surface area (Å²) < 4.78 is 0. The van der Waals surface area contributed by atoms with Gasteiger partial charge in [0.1, 0.15) is 0 Å². The number of nitrogens with two attached hydrogens (primary N) is 1. The van der Waals surface area contributed by atoms with Gasteiger partial charge in [-0.3, -0.25) is 0 Å². The molecule has 0 aromatic heterocycles. The van der Waals surface area contributed by atoms with Gasteiger partial charge in [-0.25, -0.2) is 0 Å². The van der Waals surface area contributed by atoms with Crippen LogP contribution in [0, 0.1) is 0 Å². The quantitative estimate of drug-likeness (QED) is 0.597.